The van der Waals surface area contributed by atoms with Gasteiger partial charge in [0, 0.05) is 18.2 Å². The van der Waals surface area contributed by atoms with Gasteiger partial charge in [-0.2, -0.15) is 0 Å². The average Bonchev–Trinajstić information content (AvgIpc) is 2.32. The molecule has 2 nitrogen and oxygen atoms in total. The predicted molar refractivity (Wildman–Crippen MR) is 75.2 cm³/mol. The molecule has 0 bridgehead atoms. The minimum absolute atomic E-state index is 0.0467. The molecule has 0 aliphatic carbocycles. The second kappa shape index (κ2) is 7.56. The average molecular weight is 270 g/mol. The minimum Gasteiger partial charge on any atom is -0.310 e. The highest BCUT2D eigenvalue weighted by Crippen LogP contribution is 2.15. The molecule has 0 fully saturated rings. The first-order valence-corrected chi connectivity index (χ1v) is 6.79. The normalized spacial score (nSPS) is 13.3. The van der Waals surface area contributed by atoms with Crippen LogP contribution in [0.2, 0.25) is 0 Å². The van der Waals surface area contributed by atoms with Crippen molar-refractivity contribution >= 4 is 0 Å². The molecular weight excluding hydrogens is 246 g/mol. The summed E-state index contributed by atoms with van der Waals surface area (Å²) in [5.74, 6) is -1.05. The van der Waals surface area contributed by atoms with Crippen LogP contribution in [0.5, 0.6) is 0 Å². The molecule has 0 aliphatic rings. The summed E-state index contributed by atoms with van der Waals surface area (Å²) in [5.41, 5.74) is 0.648. The Bertz CT molecular complexity index is 373. The van der Waals surface area contributed by atoms with Gasteiger partial charge in [0.2, 0.25) is 0 Å². The lowest BCUT2D eigenvalue weighted by molar-refractivity contribution is 0.268. The van der Waals surface area contributed by atoms with Crippen molar-refractivity contribution in [3.05, 3.63) is 35.4 Å². The summed E-state index contributed by atoms with van der Waals surface area (Å²) in [4.78, 5) is 2.27. The van der Waals surface area contributed by atoms with E-state index in [2.05, 4.69) is 31.1 Å². The third kappa shape index (κ3) is 5.66. The SMILES string of the molecule is CC(NCCCN(C)C(C)C)c1cc(F)cc(F)c1. The van der Waals surface area contributed by atoms with Gasteiger partial charge >= 0.3 is 0 Å². The van der Waals surface area contributed by atoms with Crippen LogP contribution < -0.4 is 5.32 Å². The molecule has 0 heterocycles. The summed E-state index contributed by atoms with van der Waals surface area (Å²) in [6.45, 7) is 8.07. The fourth-order valence-electron chi connectivity index (χ4n) is 1.85. The molecule has 19 heavy (non-hydrogen) atoms. The Labute approximate surface area is 114 Å². The first kappa shape index (κ1) is 16.1. The van der Waals surface area contributed by atoms with E-state index in [9.17, 15) is 8.78 Å². The second-order valence-corrected chi connectivity index (χ2v) is 5.31. The summed E-state index contributed by atoms with van der Waals surface area (Å²) in [6, 6.07) is 4.14. The Morgan fingerprint density at radius 1 is 1.11 bits per heavy atom. The van der Waals surface area contributed by atoms with E-state index in [1.165, 1.54) is 12.1 Å². The van der Waals surface area contributed by atoms with E-state index < -0.39 is 11.6 Å². The first-order chi connectivity index (χ1) is 8.90. The molecule has 0 spiro atoms. The fraction of sp³-hybridized carbons (Fsp3) is 0.600. The van der Waals surface area contributed by atoms with Gasteiger partial charge < -0.3 is 10.2 Å². The van der Waals surface area contributed by atoms with E-state index in [-0.39, 0.29) is 6.04 Å². The topological polar surface area (TPSA) is 15.3 Å². The number of hydrogen-bond acceptors (Lipinski definition) is 2. The Kier molecular flexibility index (Phi) is 6.38. The summed E-state index contributed by atoms with van der Waals surface area (Å²) < 4.78 is 26.2. The number of rotatable bonds is 7. The van der Waals surface area contributed by atoms with E-state index in [1.807, 2.05) is 6.92 Å². The van der Waals surface area contributed by atoms with Crippen molar-refractivity contribution in [2.75, 3.05) is 20.1 Å². The molecule has 1 rings (SSSR count). The second-order valence-electron chi connectivity index (χ2n) is 5.31. The zero-order chi connectivity index (χ0) is 14.4. The Balaban J connectivity index is 2.37. The smallest absolute Gasteiger partial charge is 0.126 e. The lowest BCUT2D eigenvalue weighted by atomic mass is 10.1. The van der Waals surface area contributed by atoms with Crippen molar-refractivity contribution in [2.45, 2.75) is 39.3 Å². The fourth-order valence-corrected chi connectivity index (χ4v) is 1.85. The lowest BCUT2D eigenvalue weighted by Gasteiger charge is -2.21. The summed E-state index contributed by atoms with van der Waals surface area (Å²) in [5, 5.41) is 3.29. The van der Waals surface area contributed by atoms with Crippen molar-refractivity contribution in [2.24, 2.45) is 0 Å². The Morgan fingerprint density at radius 2 is 1.68 bits per heavy atom. The molecule has 1 atom stereocenters. The molecule has 1 unspecified atom stereocenters. The monoisotopic (exact) mass is 270 g/mol. The van der Waals surface area contributed by atoms with E-state index in [4.69, 9.17) is 0 Å². The van der Waals surface area contributed by atoms with Gasteiger partial charge in [-0.3, -0.25) is 0 Å². The van der Waals surface area contributed by atoms with Gasteiger partial charge in [0.05, 0.1) is 0 Å². The van der Waals surface area contributed by atoms with E-state index in [1.54, 1.807) is 0 Å². The van der Waals surface area contributed by atoms with Gasteiger partial charge in [-0.25, -0.2) is 8.78 Å². The largest absolute Gasteiger partial charge is 0.310 e. The highest BCUT2D eigenvalue weighted by Gasteiger charge is 2.08. The highest BCUT2D eigenvalue weighted by molar-refractivity contribution is 5.20. The molecule has 1 aromatic rings. The third-order valence-electron chi connectivity index (χ3n) is 3.40. The van der Waals surface area contributed by atoms with Crippen LogP contribution in [-0.4, -0.2) is 31.1 Å². The van der Waals surface area contributed by atoms with Crippen molar-refractivity contribution < 1.29 is 8.78 Å². The van der Waals surface area contributed by atoms with Crippen molar-refractivity contribution in [3.8, 4) is 0 Å². The van der Waals surface area contributed by atoms with Gasteiger partial charge in [-0.05, 0) is 65.0 Å². The number of benzene rings is 1. The highest BCUT2D eigenvalue weighted by atomic mass is 19.1. The van der Waals surface area contributed by atoms with Crippen LogP contribution in [0.3, 0.4) is 0 Å². The molecule has 4 heteroatoms. The van der Waals surface area contributed by atoms with E-state index in [0.717, 1.165) is 25.6 Å². The zero-order valence-electron chi connectivity index (χ0n) is 12.2. The standard InChI is InChI=1S/C15H24F2N2/c1-11(2)19(4)7-5-6-18-12(3)13-8-14(16)10-15(17)9-13/h8-12,18H,5-7H2,1-4H3. The van der Waals surface area contributed by atoms with Crippen LogP contribution in [0.1, 0.15) is 38.8 Å². The molecule has 0 amide bonds. The minimum atomic E-state index is -0.525. The van der Waals surface area contributed by atoms with Gasteiger partial charge in [0.15, 0.2) is 0 Å². The van der Waals surface area contributed by atoms with Gasteiger partial charge in [0.1, 0.15) is 11.6 Å². The van der Waals surface area contributed by atoms with Crippen LogP contribution in [0.15, 0.2) is 18.2 Å². The maximum atomic E-state index is 13.1. The molecule has 1 N–H and O–H groups in total. The molecule has 0 radical (unpaired) electrons. The summed E-state index contributed by atoms with van der Waals surface area (Å²) >= 11 is 0. The van der Waals surface area contributed by atoms with Crippen molar-refractivity contribution in [1.82, 2.24) is 10.2 Å². The van der Waals surface area contributed by atoms with Gasteiger partial charge in [-0.15, -0.1) is 0 Å². The predicted octanol–water partition coefficient (Wildman–Crippen LogP) is 3.35. The molecule has 1 aromatic carbocycles. The van der Waals surface area contributed by atoms with E-state index >= 15 is 0 Å². The van der Waals surface area contributed by atoms with E-state index in [0.29, 0.717) is 11.6 Å². The molecule has 0 saturated heterocycles. The van der Waals surface area contributed by atoms with Crippen LogP contribution >= 0.6 is 0 Å². The Morgan fingerprint density at radius 3 is 2.21 bits per heavy atom. The van der Waals surface area contributed by atoms with Crippen LogP contribution in [-0.2, 0) is 0 Å². The number of nitrogens with zero attached hydrogens (tertiary/aromatic N) is 1. The Hall–Kier alpha value is -1.00. The number of halogens is 2. The van der Waals surface area contributed by atoms with Crippen LogP contribution in [0.25, 0.3) is 0 Å². The van der Waals surface area contributed by atoms with Crippen molar-refractivity contribution in [3.63, 3.8) is 0 Å². The quantitative estimate of drug-likeness (QED) is 0.764. The number of hydrogen-bond donors (Lipinski definition) is 1. The molecular formula is C15H24F2N2. The van der Waals surface area contributed by atoms with Gasteiger partial charge in [-0.1, -0.05) is 0 Å². The van der Waals surface area contributed by atoms with Crippen molar-refractivity contribution in [1.29, 1.82) is 0 Å². The molecule has 0 saturated carbocycles. The zero-order valence-corrected chi connectivity index (χ0v) is 12.2. The molecule has 0 aliphatic heterocycles. The third-order valence-corrected chi connectivity index (χ3v) is 3.40. The lowest BCUT2D eigenvalue weighted by Crippen LogP contribution is -2.30. The first-order valence-electron chi connectivity index (χ1n) is 6.79. The maximum Gasteiger partial charge on any atom is 0.126 e. The summed E-state index contributed by atoms with van der Waals surface area (Å²) in [7, 11) is 2.09. The molecule has 108 valence electrons. The van der Waals surface area contributed by atoms with Gasteiger partial charge in [0.25, 0.3) is 0 Å². The van der Waals surface area contributed by atoms with Crippen LogP contribution in [0.4, 0.5) is 8.78 Å². The maximum absolute atomic E-state index is 13.1. The summed E-state index contributed by atoms with van der Waals surface area (Å²) in [6.07, 6.45) is 1.01. The van der Waals surface area contributed by atoms with Crippen LogP contribution in [0, 0.1) is 11.6 Å². The number of nitrogens with one attached hydrogen (secondary N) is 1. The molecule has 0 aromatic heterocycles.